The van der Waals surface area contributed by atoms with E-state index in [-0.39, 0.29) is 0 Å². The molecule has 2 aliphatic heterocycles. The molecule has 3 rings (SSSR count). The molecule has 0 unspecified atom stereocenters. The Morgan fingerprint density at radius 3 is 2.00 bits per heavy atom. The summed E-state index contributed by atoms with van der Waals surface area (Å²) in [7, 11) is -2.77. The molecule has 2 heterocycles. The van der Waals surface area contributed by atoms with Gasteiger partial charge in [-0.15, -0.1) is 0 Å². The third-order valence-electron chi connectivity index (χ3n) is 4.59. The van der Waals surface area contributed by atoms with Crippen molar-refractivity contribution in [2.45, 2.75) is 31.7 Å². The second-order valence-corrected chi connectivity index (χ2v) is 8.32. The predicted octanol–water partition coefficient (Wildman–Crippen LogP) is 0.118. The fraction of sp³-hybridized carbons (Fsp3) is 0.923. The molecule has 0 radical (unpaired) electrons. The standard InChI is InChI=1S/C13H22N2O3S/c16-13(11-1-2-11)15-7-5-14(6-8-15)12-3-9-19(17,18)10-4-12/h11-12H,1-10H2. The molecule has 3 fully saturated rings. The Morgan fingerprint density at radius 1 is 0.895 bits per heavy atom. The van der Waals surface area contributed by atoms with Crippen LogP contribution in [0.3, 0.4) is 0 Å². The number of rotatable bonds is 2. The molecule has 6 heteroatoms. The van der Waals surface area contributed by atoms with Gasteiger partial charge < -0.3 is 4.90 Å². The highest BCUT2D eigenvalue weighted by molar-refractivity contribution is 7.91. The summed E-state index contributed by atoms with van der Waals surface area (Å²) in [5.41, 5.74) is 0. The van der Waals surface area contributed by atoms with Gasteiger partial charge in [0, 0.05) is 38.1 Å². The summed E-state index contributed by atoms with van der Waals surface area (Å²) in [4.78, 5) is 16.3. The van der Waals surface area contributed by atoms with Crippen LogP contribution in [0.5, 0.6) is 0 Å². The Hall–Kier alpha value is -0.620. The Bertz CT molecular complexity index is 437. The van der Waals surface area contributed by atoms with Crippen molar-refractivity contribution >= 4 is 15.7 Å². The maximum absolute atomic E-state index is 12.0. The average Bonchev–Trinajstić information content (AvgIpc) is 3.22. The molecule has 0 aromatic rings. The quantitative estimate of drug-likeness (QED) is 0.723. The van der Waals surface area contributed by atoms with Gasteiger partial charge in [0.1, 0.15) is 9.84 Å². The van der Waals surface area contributed by atoms with E-state index in [2.05, 4.69) is 4.90 Å². The summed E-state index contributed by atoms with van der Waals surface area (Å²) in [5.74, 6) is 1.31. The van der Waals surface area contributed by atoms with E-state index in [1.165, 1.54) is 0 Å². The summed E-state index contributed by atoms with van der Waals surface area (Å²) in [6.07, 6.45) is 3.66. The van der Waals surface area contributed by atoms with Crippen LogP contribution in [0, 0.1) is 5.92 Å². The molecule has 19 heavy (non-hydrogen) atoms. The summed E-state index contributed by atoms with van der Waals surface area (Å²) >= 11 is 0. The molecule has 5 nitrogen and oxygen atoms in total. The van der Waals surface area contributed by atoms with Gasteiger partial charge in [0.2, 0.25) is 5.91 Å². The number of carbonyl (C=O) groups excluding carboxylic acids is 1. The lowest BCUT2D eigenvalue weighted by Crippen LogP contribution is -2.53. The van der Waals surface area contributed by atoms with Crippen LogP contribution in [-0.4, -0.2) is 67.9 Å². The van der Waals surface area contributed by atoms with E-state index in [1.54, 1.807) is 0 Å². The van der Waals surface area contributed by atoms with Crippen LogP contribution >= 0.6 is 0 Å². The van der Waals surface area contributed by atoms with Gasteiger partial charge in [-0.05, 0) is 25.7 Å². The van der Waals surface area contributed by atoms with Gasteiger partial charge in [-0.25, -0.2) is 8.42 Å². The Kier molecular flexibility index (Phi) is 3.55. The molecular weight excluding hydrogens is 264 g/mol. The molecule has 2 saturated heterocycles. The average molecular weight is 286 g/mol. The van der Waals surface area contributed by atoms with Gasteiger partial charge in [0.15, 0.2) is 0 Å². The minimum Gasteiger partial charge on any atom is -0.340 e. The smallest absolute Gasteiger partial charge is 0.225 e. The van der Waals surface area contributed by atoms with Gasteiger partial charge in [-0.2, -0.15) is 0 Å². The molecule has 0 aromatic heterocycles. The van der Waals surface area contributed by atoms with Gasteiger partial charge in [-0.3, -0.25) is 9.69 Å². The van der Waals surface area contributed by atoms with E-state index in [1.807, 2.05) is 4.90 Å². The van der Waals surface area contributed by atoms with E-state index in [0.29, 0.717) is 29.4 Å². The third-order valence-corrected chi connectivity index (χ3v) is 6.31. The van der Waals surface area contributed by atoms with Crippen molar-refractivity contribution in [1.29, 1.82) is 0 Å². The second-order valence-electron chi connectivity index (χ2n) is 6.02. The predicted molar refractivity (Wildman–Crippen MR) is 72.6 cm³/mol. The largest absolute Gasteiger partial charge is 0.340 e. The molecule has 0 bridgehead atoms. The molecule has 1 aliphatic carbocycles. The zero-order chi connectivity index (χ0) is 13.5. The molecule has 0 aromatic carbocycles. The highest BCUT2D eigenvalue weighted by Gasteiger charge is 2.36. The first-order valence-electron chi connectivity index (χ1n) is 7.28. The molecule has 108 valence electrons. The van der Waals surface area contributed by atoms with Crippen LogP contribution in [0.4, 0.5) is 0 Å². The maximum Gasteiger partial charge on any atom is 0.225 e. The van der Waals surface area contributed by atoms with Crippen LogP contribution in [0.15, 0.2) is 0 Å². The third kappa shape index (κ3) is 3.11. The molecule has 0 N–H and O–H groups in total. The van der Waals surface area contributed by atoms with Gasteiger partial charge in [0.05, 0.1) is 11.5 Å². The minimum atomic E-state index is -2.77. The van der Waals surface area contributed by atoms with Crippen molar-refractivity contribution in [3.8, 4) is 0 Å². The first-order chi connectivity index (χ1) is 9.05. The summed E-state index contributed by atoms with van der Waals surface area (Å²) in [5, 5.41) is 0. The van der Waals surface area contributed by atoms with Gasteiger partial charge >= 0.3 is 0 Å². The van der Waals surface area contributed by atoms with E-state index < -0.39 is 9.84 Å². The first kappa shape index (κ1) is 13.4. The SMILES string of the molecule is O=C(C1CC1)N1CCN(C2CCS(=O)(=O)CC2)CC1. The molecule has 3 aliphatic rings. The highest BCUT2D eigenvalue weighted by Crippen LogP contribution is 2.31. The molecular formula is C13H22N2O3S. The zero-order valence-electron chi connectivity index (χ0n) is 11.3. The van der Waals surface area contributed by atoms with Crippen LogP contribution in [0.2, 0.25) is 0 Å². The monoisotopic (exact) mass is 286 g/mol. The van der Waals surface area contributed by atoms with Crippen molar-refractivity contribution in [2.75, 3.05) is 37.7 Å². The number of sulfone groups is 1. The Labute approximate surface area is 114 Å². The minimum absolute atomic E-state index is 0.311. The Balaban J connectivity index is 1.49. The maximum atomic E-state index is 12.0. The van der Waals surface area contributed by atoms with Gasteiger partial charge in [-0.1, -0.05) is 0 Å². The summed E-state index contributed by atoms with van der Waals surface area (Å²) in [6.45, 7) is 3.45. The van der Waals surface area contributed by atoms with Gasteiger partial charge in [0.25, 0.3) is 0 Å². The van der Waals surface area contributed by atoms with Crippen molar-refractivity contribution in [2.24, 2.45) is 5.92 Å². The van der Waals surface area contributed by atoms with Crippen molar-refractivity contribution in [1.82, 2.24) is 9.80 Å². The van der Waals surface area contributed by atoms with E-state index in [4.69, 9.17) is 0 Å². The lowest BCUT2D eigenvalue weighted by molar-refractivity contribution is -0.134. The molecule has 1 saturated carbocycles. The van der Waals surface area contributed by atoms with Crippen LogP contribution in [0.25, 0.3) is 0 Å². The number of carbonyl (C=O) groups is 1. The lowest BCUT2D eigenvalue weighted by Gasteiger charge is -2.40. The van der Waals surface area contributed by atoms with Crippen molar-refractivity contribution in [3.05, 3.63) is 0 Å². The Morgan fingerprint density at radius 2 is 1.47 bits per heavy atom. The zero-order valence-corrected chi connectivity index (χ0v) is 12.1. The number of nitrogens with zero attached hydrogens (tertiary/aromatic N) is 2. The van der Waals surface area contributed by atoms with E-state index in [0.717, 1.165) is 51.9 Å². The van der Waals surface area contributed by atoms with E-state index >= 15 is 0 Å². The van der Waals surface area contributed by atoms with Crippen molar-refractivity contribution < 1.29 is 13.2 Å². The summed E-state index contributed by atoms with van der Waals surface area (Å²) < 4.78 is 22.9. The first-order valence-corrected chi connectivity index (χ1v) is 9.10. The topological polar surface area (TPSA) is 57.7 Å². The van der Waals surface area contributed by atoms with Crippen LogP contribution in [-0.2, 0) is 14.6 Å². The highest BCUT2D eigenvalue weighted by atomic mass is 32.2. The van der Waals surface area contributed by atoms with Crippen LogP contribution in [0.1, 0.15) is 25.7 Å². The fourth-order valence-electron chi connectivity index (χ4n) is 3.14. The number of hydrogen-bond donors (Lipinski definition) is 0. The second kappa shape index (κ2) is 5.05. The molecule has 1 amide bonds. The fourth-order valence-corrected chi connectivity index (χ4v) is 4.61. The molecule has 0 spiro atoms. The number of piperazine rings is 1. The number of hydrogen-bond acceptors (Lipinski definition) is 4. The van der Waals surface area contributed by atoms with Crippen molar-refractivity contribution in [3.63, 3.8) is 0 Å². The normalized spacial score (nSPS) is 29.4. The number of amides is 1. The van der Waals surface area contributed by atoms with Crippen LogP contribution < -0.4 is 0 Å². The van der Waals surface area contributed by atoms with E-state index in [9.17, 15) is 13.2 Å². The summed E-state index contributed by atoms with van der Waals surface area (Å²) in [6, 6.07) is 0.404. The lowest BCUT2D eigenvalue weighted by atomic mass is 10.1. The molecule has 0 atom stereocenters.